The second-order valence-corrected chi connectivity index (χ2v) is 5.81. The van der Waals surface area contributed by atoms with E-state index in [-0.39, 0.29) is 6.79 Å². The second-order valence-electron chi connectivity index (χ2n) is 4.49. The fourth-order valence-corrected chi connectivity index (χ4v) is 2.78. The van der Waals surface area contributed by atoms with Gasteiger partial charge in [0, 0.05) is 12.3 Å². The quantitative estimate of drug-likeness (QED) is 0.915. The van der Waals surface area contributed by atoms with E-state index in [1.165, 1.54) is 0 Å². The zero-order valence-electron chi connectivity index (χ0n) is 11.2. The van der Waals surface area contributed by atoms with Gasteiger partial charge in [-0.3, -0.25) is 0 Å². The highest BCUT2D eigenvalue weighted by Crippen LogP contribution is 2.38. The number of aromatic nitrogens is 1. The lowest BCUT2D eigenvalue weighted by Crippen LogP contribution is -2.05. The molecule has 0 saturated carbocycles. The maximum absolute atomic E-state index is 5.89. The van der Waals surface area contributed by atoms with Crippen LogP contribution in [-0.2, 0) is 13.0 Å². The molecule has 0 amide bonds. The van der Waals surface area contributed by atoms with E-state index < -0.39 is 0 Å². The van der Waals surface area contributed by atoms with Crippen molar-refractivity contribution in [3.63, 3.8) is 0 Å². The predicted octanol–water partition coefficient (Wildman–Crippen LogP) is 2.26. The molecule has 5 nitrogen and oxygen atoms in total. The number of nitrogens with two attached hydrogens (primary N) is 1. The van der Waals surface area contributed by atoms with Gasteiger partial charge in [-0.25, -0.2) is 4.98 Å². The first-order valence-corrected chi connectivity index (χ1v) is 7.24. The molecule has 1 aromatic heterocycles. The number of fused-ring (bicyclic) bond motifs is 1. The van der Waals surface area contributed by atoms with Gasteiger partial charge in [0.2, 0.25) is 6.79 Å². The summed E-state index contributed by atoms with van der Waals surface area (Å²) in [7, 11) is 0. The Morgan fingerprint density at radius 3 is 2.85 bits per heavy atom. The number of rotatable bonds is 5. The zero-order valence-corrected chi connectivity index (χ0v) is 12.0. The van der Waals surface area contributed by atoms with Gasteiger partial charge in [-0.2, -0.15) is 0 Å². The van der Waals surface area contributed by atoms with E-state index in [9.17, 15) is 0 Å². The van der Waals surface area contributed by atoms with E-state index in [0.29, 0.717) is 13.2 Å². The molecule has 0 fully saturated rings. The molecule has 0 aliphatic carbocycles. The molecule has 0 spiro atoms. The summed E-state index contributed by atoms with van der Waals surface area (Å²) in [4.78, 5) is 5.32. The maximum Gasteiger partial charge on any atom is 0.231 e. The molecule has 2 heterocycles. The molecule has 3 rings (SSSR count). The Balaban J connectivity index is 1.80. The van der Waals surface area contributed by atoms with Crippen LogP contribution in [0.15, 0.2) is 18.3 Å². The van der Waals surface area contributed by atoms with Crippen LogP contribution in [0.5, 0.6) is 17.2 Å². The van der Waals surface area contributed by atoms with Crippen molar-refractivity contribution in [2.45, 2.75) is 20.0 Å². The molecule has 0 saturated heterocycles. The van der Waals surface area contributed by atoms with E-state index in [4.69, 9.17) is 19.9 Å². The zero-order chi connectivity index (χ0) is 13.9. The van der Waals surface area contributed by atoms with Crippen molar-refractivity contribution >= 4 is 11.3 Å². The van der Waals surface area contributed by atoms with Crippen molar-refractivity contribution in [2.75, 3.05) is 13.3 Å². The summed E-state index contributed by atoms with van der Waals surface area (Å²) >= 11 is 1.63. The van der Waals surface area contributed by atoms with E-state index in [1.54, 1.807) is 11.3 Å². The molecule has 1 aliphatic heterocycles. The molecule has 106 valence electrons. The van der Waals surface area contributed by atoms with Gasteiger partial charge in [-0.15, -0.1) is 11.3 Å². The molecular weight excluding hydrogens is 276 g/mol. The minimum absolute atomic E-state index is 0.259. The molecule has 0 unspecified atom stereocenters. The van der Waals surface area contributed by atoms with Gasteiger partial charge < -0.3 is 19.9 Å². The monoisotopic (exact) mass is 292 g/mol. The van der Waals surface area contributed by atoms with Crippen molar-refractivity contribution in [1.82, 2.24) is 4.98 Å². The molecular formula is C14H16N2O3S. The third-order valence-corrected chi connectivity index (χ3v) is 3.89. The molecule has 1 aromatic carbocycles. The van der Waals surface area contributed by atoms with E-state index >= 15 is 0 Å². The number of ether oxygens (including phenoxy) is 3. The highest BCUT2D eigenvalue weighted by atomic mass is 32.1. The smallest absolute Gasteiger partial charge is 0.231 e. The van der Waals surface area contributed by atoms with Crippen molar-refractivity contribution in [2.24, 2.45) is 5.73 Å². The molecule has 2 aromatic rings. The van der Waals surface area contributed by atoms with Gasteiger partial charge in [-0.1, -0.05) is 0 Å². The Kier molecular flexibility index (Phi) is 3.75. The van der Waals surface area contributed by atoms with Gasteiger partial charge in [0.25, 0.3) is 0 Å². The topological polar surface area (TPSA) is 66.6 Å². The Morgan fingerprint density at radius 2 is 2.15 bits per heavy atom. The Hall–Kier alpha value is -1.79. The standard InChI is InChI=1S/C14H16N2O3S/c1-9-16-6-11(20-9)7-17-12-5-14-13(18-8-19-14)4-10(12)2-3-15/h4-6H,2-3,7-8,15H2,1H3. The van der Waals surface area contributed by atoms with Gasteiger partial charge in [0.15, 0.2) is 11.5 Å². The predicted molar refractivity (Wildman–Crippen MR) is 76.5 cm³/mol. The first kappa shape index (κ1) is 13.2. The fraction of sp³-hybridized carbons (Fsp3) is 0.357. The lowest BCUT2D eigenvalue weighted by molar-refractivity contribution is 0.173. The van der Waals surface area contributed by atoms with Gasteiger partial charge in [-0.05, 0) is 31.5 Å². The first-order valence-electron chi connectivity index (χ1n) is 6.43. The number of thiazole rings is 1. The number of aryl methyl sites for hydroxylation is 1. The SMILES string of the molecule is Cc1ncc(COc2cc3c(cc2CCN)OCO3)s1. The van der Waals surface area contributed by atoms with Crippen LogP contribution in [0.4, 0.5) is 0 Å². The summed E-state index contributed by atoms with van der Waals surface area (Å²) in [5, 5.41) is 1.04. The maximum atomic E-state index is 5.89. The van der Waals surface area contributed by atoms with Gasteiger partial charge >= 0.3 is 0 Å². The normalized spacial score (nSPS) is 12.7. The molecule has 2 N–H and O–H groups in total. The molecule has 20 heavy (non-hydrogen) atoms. The molecule has 0 radical (unpaired) electrons. The van der Waals surface area contributed by atoms with Gasteiger partial charge in [0.05, 0.1) is 9.88 Å². The van der Waals surface area contributed by atoms with Crippen LogP contribution in [0.3, 0.4) is 0 Å². The van der Waals surface area contributed by atoms with Crippen LogP contribution in [0, 0.1) is 6.92 Å². The minimum atomic E-state index is 0.259. The van der Waals surface area contributed by atoms with E-state index in [0.717, 1.165) is 39.1 Å². The van der Waals surface area contributed by atoms with Crippen molar-refractivity contribution in [3.8, 4) is 17.2 Å². The Labute approximate surface area is 121 Å². The number of benzene rings is 1. The molecule has 0 bridgehead atoms. The van der Waals surface area contributed by atoms with Crippen molar-refractivity contribution in [3.05, 3.63) is 33.8 Å². The summed E-state index contributed by atoms with van der Waals surface area (Å²) in [6.45, 7) is 3.31. The Bertz CT molecular complexity index is 612. The van der Waals surface area contributed by atoms with Crippen LogP contribution in [0.1, 0.15) is 15.4 Å². The van der Waals surface area contributed by atoms with Crippen molar-refractivity contribution in [1.29, 1.82) is 0 Å². The second kappa shape index (κ2) is 5.68. The lowest BCUT2D eigenvalue weighted by Gasteiger charge is -2.11. The largest absolute Gasteiger partial charge is 0.488 e. The van der Waals surface area contributed by atoms with Crippen molar-refractivity contribution < 1.29 is 14.2 Å². The van der Waals surface area contributed by atoms with E-state index in [2.05, 4.69) is 4.98 Å². The van der Waals surface area contributed by atoms with Crippen LogP contribution in [0.2, 0.25) is 0 Å². The highest BCUT2D eigenvalue weighted by Gasteiger charge is 2.18. The third kappa shape index (κ3) is 2.71. The first-order chi connectivity index (χ1) is 9.76. The summed E-state index contributed by atoms with van der Waals surface area (Å²) in [6.07, 6.45) is 2.59. The molecule has 0 atom stereocenters. The summed E-state index contributed by atoms with van der Waals surface area (Å²) in [6, 6.07) is 3.82. The molecule has 6 heteroatoms. The third-order valence-electron chi connectivity index (χ3n) is 3.01. The summed E-state index contributed by atoms with van der Waals surface area (Å²) in [5.41, 5.74) is 6.69. The van der Waals surface area contributed by atoms with Crippen LogP contribution >= 0.6 is 11.3 Å². The van der Waals surface area contributed by atoms with Crippen LogP contribution < -0.4 is 19.9 Å². The molecule has 1 aliphatic rings. The number of hydrogen-bond donors (Lipinski definition) is 1. The summed E-state index contributed by atoms with van der Waals surface area (Å²) in [5.74, 6) is 2.28. The fourth-order valence-electron chi connectivity index (χ4n) is 2.07. The average molecular weight is 292 g/mol. The average Bonchev–Trinajstić information content (AvgIpc) is 3.04. The highest BCUT2D eigenvalue weighted by molar-refractivity contribution is 7.11. The number of nitrogens with zero attached hydrogens (tertiary/aromatic N) is 1. The number of hydrogen-bond acceptors (Lipinski definition) is 6. The summed E-state index contributed by atoms with van der Waals surface area (Å²) < 4.78 is 16.7. The minimum Gasteiger partial charge on any atom is -0.488 e. The Morgan fingerprint density at radius 1 is 1.35 bits per heavy atom. The lowest BCUT2D eigenvalue weighted by atomic mass is 10.1. The van der Waals surface area contributed by atoms with Crippen LogP contribution in [0.25, 0.3) is 0 Å². The van der Waals surface area contributed by atoms with Crippen LogP contribution in [-0.4, -0.2) is 18.3 Å². The van der Waals surface area contributed by atoms with E-state index in [1.807, 2.05) is 25.3 Å². The van der Waals surface area contributed by atoms with Gasteiger partial charge in [0.1, 0.15) is 12.4 Å².